The number of carbonyl (C=O) groups is 1. The van der Waals surface area contributed by atoms with E-state index in [0.29, 0.717) is 24.5 Å². The molecule has 0 N–H and O–H groups in total. The lowest BCUT2D eigenvalue weighted by Crippen LogP contribution is -2.40. The average Bonchev–Trinajstić information content (AvgIpc) is 3.38. The van der Waals surface area contributed by atoms with Gasteiger partial charge in [0.25, 0.3) is 5.91 Å². The summed E-state index contributed by atoms with van der Waals surface area (Å²) in [5.41, 5.74) is 5.34. The van der Waals surface area contributed by atoms with Gasteiger partial charge < -0.3 is 14.2 Å². The summed E-state index contributed by atoms with van der Waals surface area (Å²) in [4.78, 5) is 15.9. The molecule has 7 nitrogen and oxygen atoms in total. The fourth-order valence-electron chi connectivity index (χ4n) is 4.98. The van der Waals surface area contributed by atoms with Crippen molar-refractivity contribution in [2.75, 3.05) is 34.4 Å². The molecule has 3 aromatic carbocycles. The van der Waals surface area contributed by atoms with Gasteiger partial charge in [0.15, 0.2) is 0 Å². The number of nitrogens with zero attached hydrogens (tertiary/aromatic N) is 3. The largest absolute Gasteiger partial charge is 0.497 e. The molecule has 2 aliphatic rings. The maximum atomic E-state index is 13.7. The first kappa shape index (κ1) is 23.9. The zero-order valence-electron chi connectivity index (χ0n) is 20.9. The molecule has 7 heteroatoms. The SMILES string of the molecule is COc1ccc(C2CC(c3ccc(OC)cc3OC)=NN2C(=O)CN2CCc3ccccc3C2)cc1. The third-order valence-electron chi connectivity index (χ3n) is 6.95. The second kappa shape index (κ2) is 10.4. The topological polar surface area (TPSA) is 63.6 Å². The van der Waals surface area contributed by atoms with Gasteiger partial charge >= 0.3 is 0 Å². The molecular weight excluding hydrogens is 454 g/mol. The fourth-order valence-corrected chi connectivity index (χ4v) is 4.98. The lowest BCUT2D eigenvalue weighted by Gasteiger charge is -2.30. The van der Waals surface area contributed by atoms with E-state index in [4.69, 9.17) is 19.3 Å². The van der Waals surface area contributed by atoms with Crippen LogP contribution in [0.3, 0.4) is 0 Å². The van der Waals surface area contributed by atoms with E-state index < -0.39 is 0 Å². The Kier molecular flexibility index (Phi) is 6.91. The number of ether oxygens (including phenoxy) is 3. The Hall–Kier alpha value is -3.84. The predicted octanol–water partition coefficient (Wildman–Crippen LogP) is 4.45. The molecule has 2 aliphatic heterocycles. The monoisotopic (exact) mass is 485 g/mol. The number of methoxy groups -OCH3 is 3. The number of hydrazone groups is 1. The minimum atomic E-state index is -0.206. The molecule has 3 aromatic rings. The smallest absolute Gasteiger partial charge is 0.257 e. The van der Waals surface area contributed by atoms with Crippen LogP contribution < -0.4 is 14.2 Å². The number of benzene rings is 3. The van der Waals surface area contributed by atoms with E-state index in [1.165, 1.54) is 11.1 Å². The lowest BCUT2D eigenvalue weighted by molar-refractivity contribution is -0.134. The maximum Gasteiger partial charge on any atom is 0.257 e. The first-order valence-corrected chi connectivity index (χ1v) is 12.1. The normalized spacial score (nSPS) is 17.4. The highest BCUT2D eigenvalue weighted by Crippen LogP contribution is 2.37. The first-order chi connectivity index (χ1) is 17.6. The highest BCUT2D eigenvalue weighted by atomic mass is 16.5. The van der Waals surface area contributed by atoms with E-state index >= 15 is 0 Å². The number of amides is 1. The van der Waals surface area contributed by atoms with Crippen molar-refractivity contribution in [3.63, 3.8) is 0 Å². The highest BCUT2D eigenvalue weighted by molar-refractivity contribution is 6.05. The molecule has 0 aliphatic carbocycles. The van der Waals surface area contributed by atoms with Gasteiger partial charge in [0.2, 0.25) is 0 Å². The molecule has 1 unspecified atom stereocenters. The van der Waals surface area contributed by atoms with Crippen LogP contribution in [0.5, 0.6) is 17.2 Å². The molecule has 1 amide bonds. The van der Waals surface area contributed by atoms with E-state index in [0.717, 1.165) is 42.1 Å². The molecule has 0 spiro atoms. The number of hydrogen-bond donors (Lipinski definition) is 0. The number of hydrogen-bond acceptors (Lipinski definition) is 6. The van der Waals surface area contributed by atoms with Gasteiger partial charge in [0, 0.05) is 31.1 Å². The van der Waals surface area contributed by atoms with Crippen molar-refractivity contribution in [1.82, 2.24) is 9.91 Å². The summed E-state index contributed by atoms with van der Waals surface area (Å²) in [6.45, 7) is 1.94. The third-order valence-corrected chi connectivity index (χ3v) is 6.95. The van der Waals surface area contributed by atoms with Crippen LogP contribution in [-0.2, 0) is 17.8 Å². The van der Waals surface area contributed by atoms with Gasteiger partial charge in [-0.05, 0) is 47.4 Å². The van der Waals surface area contributed by atoms with Crippen molar-refractivity contribution >= 4 is 11.6 Å². The van der Waals surface area contributed by atoms with Crippen LogP contribution in [0.4, 0.5) is 0 Å². The molecule has 2 heterocycles. The van der Waals surface area contributed by atoms with Gasteiger partial charge in [0.1, 0.15) is 17.2 Å². The van der Waals surface area contributed by atoms with Crippen molar-refractivity contribution in [2.24, 2.45) is 5.10 Å². The Bertz CT molecular complexity index is 1270. The zero-order valence-corrected chi connectivity index (χ0v) is 20.9. The molecule has 0 aromatic heterocycles. The molecule has 36 heavy (non-hydrogen) atoms. The van der Waals surface area contributed by atoms with Crippen molar-refractivity contribution in [3.05, 3.63) is 89.0 Å². The summed E-state index contributed by atoms with van der Waals surface area (Å²) in [5, 5.41) is 6.51. The Morgan fingerprint density at radius 3 is 2.36 bits per heavy atom. The minimum Gasteiger partial charge on any atom is -0.497 e. The molecule has 0 fully saturated rings. The third kappa shape index (κ3) is 4.79. The molecule has 0 saturated heterocycles. The average molecular weight is 486 g/mol. The standard InChI is InChI=1S/C29H31N3O4/c1-34-23-10-8-21(9-11-23)27-17-26(25-13-12-24(35-2)16-28(25)36-3)30-32(27)29(33)19-31-15-14-20-6-4-5-7-22(20)18-31/h4-13,16,27H,14-15,17-19H2,1-3H3. The molecule has 1 atom stereocenters. The van der Waals surface area contributed by atoms with E-state index in [1.54, 1.807) is 26.3 Å². The van der Waals surface area contributed by atoms with Crippen LogP contribution in [0.25, 0.3) is 0 Å². The van der Waals surface area contributed by atoms with Crippen LogP contribution in [0.2, 0.25) is 0 Å². The second-order valence-corrected chi connectivity index (χ2v) is 9.07. The van der Waals surface area contributed by atoms with Crippen molar-refractivity contribution in [1.29, 1.82) is 0 Å². The van der Waals surface area contributed by atoms with E-state index in [1.807, 2.05) is 42.5 Å². The van der Waals surface area contributed by atoms with E-state index in [9.17, 15) is 4.79 Å². The lowest BCUT2D eigenvalue weighted by atomic mass is 9.97. The summed E-state index contributed by atoms with van der Waals surface area (Å²) in [6, 6.07) is 21.8. The number of rotatable bonds is 7. The quantitative estimate of drug-likeness (QED) is 0.495. The predicted molar refractivity (Wildman–Crippen MR) is 139 cm³/mol. The van der Waals surface area contributed by atoms with Crippen LogP contribution in [0.15, 0.2) is 71.8 Å². The summed E-state index contributed by atoms with van der Waals surface area (Å²) in [5.74, 6) is 2.14. The van der Waals surface area contributed by atoms with Gasteiger partial charge in [-0.1, -0.05) is 36.4 Å². The van der Waals surface area contributed by atoms with Gasteiger partial charge in [-0.2, -0.15) is 5.10 Å². The molecule has 0 radical (unpaired) electrons. The van der Waals surface area contributed by atoms with Crippen LogP contribution in [0.1, 0.15) is 34.7 Å². The maximum absolute atomic E-state index is 13.7. The Labute approximate surface area is 211 Å². The van der Waals surface area contributed by atoms with Crippen molar-refractivity contribution in [2.45, 2.75) is 25.4 Å². The summed E-state index contributed by atoms with van der Waals surface area (Å²) < 4.78 is 16.3. The number of carbonyl (C=O) groups excluding carboxylic acids is 1. The summed E-state index contributed by atoms with van der Waals surface area (Å²) in [6.07, 6.45) is 1.53. The van der Waals surface area contributed by atoms with Gasteiger partial charge in [0.05, 0.1) is 39.6 Å². The first-order valence-electron chi connectivity index (χ1n) is 12.1. The van der Waals surface area contributed by atoms with Gasteiger partial charge in [-0.3, -0.25) is 9.69 Å². The van der Waals surface area contributed by atoms with Gasteiger partial charge in [-0.25, -0.2) is 5.01 Å². The molecule has 0 saturated carbocycles. The second-order valence-electron chi connectivity index (χ2n) is 9.07. The minimum absolute atomic E-state index is 0.0160. The Morgan fingerprint density at radius 2 is 1.64 bits per heavy atom. The van der Waals surface area contributed by atoms with Crippen molar-refractivity contribution in [3.8, 4) is 17.2 Å². The Morgan fingerprint density at radius 1 is 0.917 bits per heavy atom. The van der Waals surface area contributed by atoms with Gasteiger partial charge in [-0.15, -0.1) is 0 Å². The molecular formula is C29H31N3O4. The van der Waals surface area contributed by atoms with E-state index in [2.05, 4.69) is 29.2 Å². The Balaban J connectivity index is 1.43. The van der Waals surface area contributed by atoms with Crippen molar-refractivity contribution < 1.29 is 19.0 Å². The molecule has 0 bridgehead atoms. The highest BCUT2D eigenvalue weighted by Gasteiger charge is 2.35. The zero-order chi connectivity index (χ0) is 25.1. The van der Waals surface area contributed by atoms with Crippen LogP contribution in [-0.4, -0.2) is 55.9 Å². The molecule has 186 valence electrons. The summed E-state index contributed by atoms with van der Waals surface area (Å²) >= 11 is 0. The number of fused-ring (bicyclic) bond motifs is 1. The fraction of sp³-hybridized carbons (Fsp3) is 0.310. The summed E-state index contributed by atoms with van der Waals surface area (Å²) in [7, 11) is 4.90. The molecule has 5 rings (SSSR count). The van der Waals surface area contributed by atoms with Crippen LogP contribution in [0, 0.1) is 0 Å². The van der Waals surface area contributed by atoms with Crippen LogP contribution >= 0.6 is 0 Å². The van der Waals surface area contributed by atoms with E-state index in [-0.39, 0.29) is 11.9 Å².